The van der Waals surface area contributed by atoms with Crippen LogP contribution in [-0.2, 0) is 24.3 Å². The highest BCUT2D eigenvalue weighted by atomic mass is 16.4. The van der Waals surface area contributed by atoms with Crippen LogP contribution in [0.15, 0.2) is 44.3 Å². The summed E-state index contributed by atoms with van der Waals surface area (Å²) in [5.41, 5.74) is 6.94. The number of nitrogens with two attached hydrogens (primary N) is 1. The average molecular weight is 450 g/mol. The van der Waals surface area contributed by atoms with Gasteiger partial charge in [0.1, 0.15) is 5.76 Å². The maximum Gasteiger partial charge on any atom is 0.255 e. The van der Waals surface area contributed by atoms with Gasteiger partial charge in [-0.2, -0.15) is 0 Å². The smallest absolute Gasteiger partial charge is 0.255 e. The van der Waals surface area contributed by atoms with Crippen molar-refractivity contribution in [2.24, 2.45) is 5.73 Å². The van der Waals surface area contributed by atoms with Gasteiger partial charge >= 0.3 is 0 Å². The lowest BCUT2D eigenvalue weighted by Gasteiger charge is -2.26. The zero-order chi connectivity index (χ0) is 23.1. The van der Waals surface area contributed by atoms with Crippen LogP contribution in [0.3, 0.4) is 0 Å². The Labute approximate surface area is 190 Å². The number of carbonyl (C=O) groups is 1. The fourth-order valence-electron chi connectivity index (χ4n) is 5.19. The molecule has 1 amide bonds. The molecule has 1 aromatic carbocycles. The summed E-state index contributed by atoms with van der Waals surface area (Å²) in [4.78, 5) is 40.3. The Morgan fingerprint density at radius 2 is 1.91 bits per heavy atom. The number of primary amides is 1. The molecule has 0 spiro atoms. The van der Waals surface area contributed by atoms with Crippen LogP contribution in [0.4, 0.5) is 0 Å². The van der Waals surface area contributed by atoms with E-state index in [-0.39, 0.29) is 23.3 Å². The normalized spacial score (nSPS) is 16.8. The first kappa shape index (κ1) is 21.5. The van der Waals surface area contributed by atoms with Crippen molar-refractivity contribution in [2.75, 3.05) is 13.1 Å². The van der Waals surface area contributed by atoms with Crippen molar-refractivity contribution in [2.45, 2.75) is 51.1 Å². The molecule has 0 bridgehead atoms. The third-order valence-corrected chi connectivity index (χ3v) is 6.75. The predicted octanol–water partition coefficient (Wildman–Crippen LogP) is 2.21. The highest BCUT2D eigenvalue weighted by Gasteiger charge is 2.30. The Hall–Kier alpha value is -3.39. The van der Waals surface area contributed by atoms with Crippen molar-refractivity contribution in [1.29, 1.82) is 0 Å². The van der Waals surface area contributed by atoms with Crippen molar-refractivity contribution >= 4 is 16.8 Å². The van der Waals surface area contributed by atoms with E-state index in [0.29, 0.717) is 18.8 Å². The van der Waals surface area contributed by atoms with Crippen LogP contribution in [-0.4, -0.2) is 33.6 Å². The van der Waals surface area contributed by atoms with Crippen LogP contribution in [0.2, 0.25) is 0 Å². The van der Waals surface area contributed by atoms with Crippen LogP contribution >= 0.6 is 0 Å². The number of aromatic nitrogens is 1. The largest absolute Gasteiger partial charge is 0.502 e. The predicted molar refractivity (Wildman–Crippen MR) is 123 cm³/mol. The Balaban J connectivity index is 1.64. The first-order chi connectivity index (χ1) is 15.9. The molecule has 1 fully saturated rings. The fourth-order valence-corrected chi connectivity index (χ4v) is 5.19. The molecule has 5 rings (SSSR count). The average Bonchev–Trinajstić information content (AvgIpc) is 3.24. The number of nitrogens with zero attached hydrogens (tertiary/aromatic N) is 2. The van der Waals surface area contributed by atoms with Gasteiger partial charge in [0.15, 0.2) is 5.76 Å². The van der Waals surface area contributed by atoms with Gasteiger partial charge in [-0.25, -0.2) is 0 Å². The lowest BCUT2D eigenvalue weighted by molar-refractivity contribution is -0.118. The summed E-state index contributed by atoms with van der Waals surface area (Å²) >= 11 is 0. The van der Waals surface area contributed by atoms with E-state index in [1.807, 2.05) is 18.2 Å². The minimum atomic E-state index is -0.957. The van der Waals surface area contributed by atoms with Gasteiger partial charge in [-0.3, -0.25) is 19.3 Å². The SMILES string of the molecule is NC(=O)C[C@@H](c1oc(CN2CCCCC2)cc(=O)c1O)c1cc2cccc3c2n(c1=O)CC3. The number of hydrogen-bond acceptors (Lipinski definition) is 6. The summed E-state index contributed by atoms with van der Waals surface area (Å²) in [5.74, 6) is -1.87. The minimum absolute atomic E-state index is 0.0771. The highest BCUT2D eigenvalue weighted by molar-refractivity contribution is 5.84. The molecule has 1 saturated heterocycles. The van der Waals surface area contributed by atoms with Gasteiger partial charge in [0.2, 0.25) is 17.1 Å². The number of aromatic hydroxyl groups is 1. The van der Waals surface area contributed by atoms with E-state index in [1.165, 1.54) is 12.5 Å². The van der Waals surface area contributed by atoms with Gasteiger partial charge in [-0.1, -0.05) is 24.6 Å². The monoisotopic (exact) mass is 449 g/mol. The number of piperidine rings is 1. The van der Waals surface area contributed by atoms with Crippen LogP contribution in [0, 0.1) is 0 Å². The molecular weight excluding hydrogens is 422 g/mol. The van der Waals surface area contributed by atoms with Crippen molar-refractivity contribution in [1.82, 2.24) is 9.47 Å². The number of likely N-dealkylation sites (tertiary alicyclic amines) is 1. The maximum absolute atomic E-state index is 13.4. The van der Waals surface area contributed by atoms with Gasteiger partial charge in [0, 0.05) is 24.6 Å². The zero-order valence-corrected chi connectivity index (χ0v) is 18.4. The number of benzene rings is 1. The number of carbonyl (C=O) groups excluding carboxylic acids is 1. The molecule has 3 N–H and O–H groups in total. The topological polar surface area (TPSA) is 119 Å². The van der Waals surface area contributed by atoms with Gasteiger partial charge in [0.25, 0.3) is 5.56 Å². The fraction of sp³-hybridized carbons (Fsp3) is 0.400. The molecule has 0 unspecified atom stereocenters. The molecule has 2 aliphatic heterocycles. The summed E-state index contributed by atoms with van der Waals surface area (Å²) in [5, 5.41) is 11.5. The maximum atomic E-state index is 13.4. The number of para-hydroxylation sites is 1. The van der Waals surface area contributed by atoms with Crippen molar-refractivity contribution in [3.05, 3.63) is 73.6 Å². The Morgan fingerprint density at radius 1 is 1.12 bits per heavy atom. The molecule has 2 aromatic heterocycles. The van der Waals surface area contributed by atoms with E-state index in [1.54, 1.807) is 10.6 Å². The van der Waals surface area contributed by atoms with Crippen molar-refractivity contribution in [3.63, 3.8) is 0 Å². The summed E-state index contributed by atoms with van der Waals surface area (Å²) < 4.78 is 7.71. The van der Waals surface area contributed by atoms with Crippen molar-refractivity contribution in [3.8, 4) is 5.75 Å². The summed E-state index contributed by atoms with van der Waals surface area (Å²) in [6, 6.07) is 8.86. The number of aryl methyl sites for hydroxylation is 2. The van der Waals surface area contributed by atoms with E-state index in [9.17, 15) is 19.5 Å². The molecule has 33 heavy (non-hydrogen) atoms. The quantitative estimate of drug-likeness (QED) is 0.596. The van der Waals surface area contributed by atoms with Crippen LogP contribution in [0.5, 0.6) is 5.75 Å². The van der Waals surface area contributed by atoms with E-state index in [0.717, 1.165) is 48.8 Å². The molecule has 2 aliphatic rings. The standard InChI is InChI=1S/C25H27N3O5/c26-21(30)13-18(19-11-16-6-4-5-15-7-10-28(22(15)16)25(19)32)24-23(31)20(29)12-17(33-24)14-27-8-2-1-3-9-27/h4-6,11-12,18,31H,1-3,7-10,13-14H2,(H2,26,30)/t18-/m1/s1. The second-order valence-corrected chi connectivity index (χ2v) is 9.01. The summed E-state index contributed by atoms with van der Waals surface area (Å²) in [7, 11) is 0. The van der Waals surface area contributed by atoms with E-state index < -0.39 is 23.0 Å². The number of hydrogen-bond donors (Lipinski definition) is 2. The third kappa shape index (κ3) is 3.95. The molecule has 0 saturated carbocycles. The molecule has 8 nitrogen and oxygen atoms in total. The van der Waals surface area contributed by atoms with E-state index >= 15 is 0 Å². The zero-order valence-electron chi connectivity index (χ0n) is 18.4. The summed E-state index contributed by atoms with van der Waals surface area (Å²) in [6.45, 7) is 2.78. The Bertz CT molecular complexity index is 1350. The van der Waals surface area contributed by atoms with Crippen LogP contribution < -0.4 is 16.7 Å². The number of rotatable bonds is 6. The van der Waals surface area contributed by atoms with Crippen LogP contribution in [0.1, 0.15) is 54.2 Å². The molecule has 3 aromatic rings. The van der Waals surface area contributed by atoms with Gasteiger partial charge in [-0.15, -0.1) is 0 Å². The molecular formula is C25H27N3O5. The molecule has 1 atom stereocenters. The number of amides is 1. The van der Waals surface area contributed by atoms with E-state index in [2.05, 4.69) is 4.90 Å². The van der Waals surface area contributed by atoms with Gasteiger partial charge in [-0.05, 0) is 49.4 Å². The molecule has 0 radical (unpaired) electrons. The first-order valence-corrected chi connectivity index (χ1v) is 11.4. The van der Waals surface area contributed by atoms with Crippen molar-refractivity contribution < 1.29 is 14.3 Å². The molecule has 4 heterocycles. The molecule has 0 aliphatic carbocycles. The molecule has 8 heteroatoms. The van der Waals surface area contributed by atoms with E-state index in [4.69, 9.17) is 10.2 Å². The second kappa shape index (κ2) is 8.51. The lowest BCUT2D eigenvalue weighted by Crippen LogP contribution is -2.30. The molecule has 172 valence electrons. The third-order valence-electron chi connectivity index (χ3n) is 6.75. The second-order valence-electron chi connectivity index (χ2n) is 9.01. The van der Waals surface area contributed by atoms with Gasteiger partial charge < -0.3 is 19.8 Å². The summed E-state index contributed by atoms with van der Waals surface area (Å²) in [6.07, 6.45) is 3.83. The Kier molecular flexibility index (Phi) is 5.54. The van der Waals surface area contributed by atoms with Crippen LogP contribution in [0.25, 0.3) is 10.9 Å². The lowest BCUT2D eigenvalue weighted by atomic mass is 9.91. The van der Waals surface area contributed by atoms with Gasteiger partial charge in [0.05, 0.1) is 18.0 Å². The highest BCUT2D eigenvalue weighted by Crippen LogP contribution is 2.34. The minimum Gasteiger partial charge on any atom is -0.502 e. The first-order valence-electron chi connectivity index (χ1n) is 11.4. The number of pyridine rings is 1. The Morgan fingerprint density at radius 3 is 2.67 bits per heavy atom.